The van der Waals surface area contributed by atoms with Crippen LogP contribution in [0.2, 0.25) is 0 Å². The molecule has 13 heavy (non-hydrogen) atoms. The molecule has 0 saturated carbocycles. The van der Waals surface area contributed by atoms with E-state index in [9.17, 15) is 13.6 Å². The molecule has 0 radical (unpaired) electrons. The molecule has 2 rings (SSSR count). The minimum Gasteiger partial charge on any atom is -0.332 e. The van der Waals surface area contributed by atoms with Gasteiger partial charge in [0.1, 0.15) is 0 Å². The lowest BCUT2D eigenvalue weighted by molar-refractivity contribution is -0.156. The van der Waals surface area contributed by atoms with Crippen molar-refractivity contribution in [1.29, 1.82) is 0 Å². The molecule has 2 fully saturated rings. The average Bonchev–Trinajstić information content (AvgIpc) is 2.59. The molecule has 2 saturated heterocycles. The van der Waals surface area contributed by atoms with Crippen LogP contribution < -0.4 is 0 Å². The van der Waals surface area contributed by atoms with Gasteiger partial charge >= 0.3 is 5.92 Å². The molecule has 0 atom stereocenters. The Bertz CT molecular complexity index is 216. The van der Waals surface area contributed by atoms with Crippen LogP contribution in [0.1, 0.15) is 32.6 Å². The Morgan fingerprint density at radius 1 is 1.23 bits per heavy atom. The Morgan fingerprint density at radius 2 is 1.62 bits per heavy atom. The number of amides is 1. The zero-order valence-corrected chi connectivity index (χ0v) is 7.59. The Labute approximate surface area is 75.9 Å². The quantitative estimate of drug-likeness (QED) is 0.616. The van der Waals surface area contributed by atoms with Crippen molar-refractivity contribution >= 4 is 5.91 Å². The number of carbonyl (C=O) groups is 1. The third-order valence-corrected chi connectivity index (χ3v) is 3.06. The first-order chi connectivity index (χ1) is 6.00. The molecule has 0 aromatic rings. The number of fused-ring (bicyclic) bond motifs is 2. The second-order valence-electron chi connectivity index (χ2n) is 4.06. The molecule has 0 unspecified atom stereocenters. The molecule has 0 N–H and O–H groups in total. The molecular formula is C9H13F2NO. The van der Waals surface area contributed by atoms with E-state index in [0.717, 1.165) is 25.7 Å². The molecule has 0 aromatic carbocycles. The van der Waals surface area contributed by atoms with Crippen LogP contribution in [0.4, 0.5) is 8.78 Å². The normalized spacial score (nSPS) is 32.7. The van der Waals surface area contributed by atoms with Gasteiger partial charge in [0.25, 0.3) is 5.91 Å². The smallest absolute Gasteiger partial charge is 0.322 e. The summed E-state index contributed by atoms with van der Waals surface area (Å²) in [7, 11) is 0. The molecule has 2 aliphatic heterocycles. The van der Waals surface area contributed by atoms with E-state index in [1.54, 1.807) is 0 Å². The molecule has 0 aliphatic carbocycles. The minimum atomic E-state index is -3.19. The SMILES string of the molecule is CC(F)(F)C(=O)N1C2CCC1CC2. The summed E-state index contributed by atoms with van der Waals surface area (Å²) < 4.78 is 25.5. The van der Waals surface area contributed by atoms with E-state index in [2.05, 4.69) is 0 Å². The van der Waals surface area contributed by atoms with E-state index in [0.29, 0.717) is 6.92 Å². The van der Waals surface area contributed by atoms with Crippen LogP contribution in [0.25, 0.3) is 0 Å². The van der Waals surface area contributed by atoms with Gasteiger partial charge in [0, 0.05) is 19.0 Å². The van der Waals surface area contributed by atoms with Gasteiger partial charge in [-0.25, -0.2) is 0 Å². The number of hydrogen-bond acceptors (Lipinski definition) is 1. The van der Waals surface area contributed by atoms with Crippen molar-refractivity contribution in [3.8, 4) is 0 Å². The van der Waals surface area contributed by atoms with Gasteiger partial charge in [-0.2, -0.15) is 8.78 Å². The maximum atomic E-state index is 12.8. The maximum Gasteiger partial charge on any atom is 0.322 e. The summed E-state index contributed by atoms with van der Waals surface area (Å²) in [5.41, 5.74) is 0. The van der Waals surface area contributed by atoms with Gasteiger partial charge in [0.2, 0.25) is 0 Å². The highest BCUT2D eigenvalue weighted by Crippen LogP contribution is 2.39. The van der Waals surface area contributed by atoms with Gasteiger partial charge in [0.05, 0.1) is 0 Å². The fraction of sp³-hybridized carbons (Fsp3) is 0.889. The first-order valence-electron chi connectivity index (χ1n) is 4.71. The Hall–Kier alpha value is -0.670. The van der Waals surface area contributed by atoms with E-state index >= 15 is 0 Å². The topological polar surface area (TPSA) is 20.3 Å². The number of hydrogen-bond donors (Lipinski definition) is 0. The average molecular weight is 189 g/mol. The van der Waals surface area contributed by atoms with Crippen LogP contribution in [-0.4, -0.2) is 28.8 Å². The number of rotatable bonds is 1. The molecule has 4 heteroatoms. The van der Waals surface area contributed by atoms with Crippen LogP contribution in [0.3, 0.4) is 0 Å². The predicted molar refractivity (Wildman–Crippen MR) is 43.5 cm³/mol. The number of carbonyl (C=O) groups excluding carboxylic acids is 1. The summed E-state index contributed by atoms with van der Waals surface area (Å²) in [6.07, 6.45) is 3.64. The van der Waals surface area contributed by atoms with Gasteiger partial charge in [0.15, 0.2) is 0 Å². The van der Waals surface area contributed by atoms with Crippen LogP contribution in [0, 0.1) is 0 Å². The lowest BCUT2D eigenvalue weighted by Crippen LogP contribution is -2.44. The van der Waals surface area contributed by atoms with Crippen molar-refractivity contribution in [3.05, 3.63) is 0 Å². The molecule has 0 spiro atoms. The second-order valence-corrected chi connectivity index (χ2v) is 4.06. The summed E-state index contributed by atoms with van der Waals surface area (Å²) in [5.74, 6) is -4.16. The fourth-order valence-electron chi connectivity index (χ4n) is 2.47. The molecule has 1 amide bonds. The Kier molecular flexibility index (Phi) is 1.82. The molecule has 0 aromatic heterocycles. The molecule has 2 nitrogen and oxygen atoms in total. The maximum absolute atomic E-state index is 12.8. The van der Waals surface area contributed by atoms with Crippen molar-refractivity contribution in [2.24, 2.45) is 0 Å². The fourth-order valence-corrected chi connectivity index (χ4v) is 2.47. The zero-order valence-electron chi connectivity index (χ0n) is 7.59. The second kappa shape index (κ2) is 2.66. The van der Waals surface area contributed by atoms with Crippen molar-refractivity contribution in [3.63, 3.8) is 0 Å². The highest BCUT2D eigenvalue weighted by Gasteiger charge is 2.48. The summed E-state index contributed by atoms with van der Waals surface area (Å²) >= 11 is 0. The Morgan fingerprint density at radius 3 is 1.92 bits per heavy atom. The minimum absolute atomic E-state index is 0.100. The van der Waals surface area contributed by atoms with Crippen LogP contribution in [0.5, 0.6) is 0 Å². The lowest BCUT2D eigenvalue weighted by atomic mass is 10.0. The third kappa shape index (κ3) is 1.32. The standard InChI is InChI=1S/C9H13F2NO/c1-9(10,11)8(13)12-6-2-3-7(12)5-4-6/h6-7H,2-5H2,1H3. The molecule has 2 aliphatic rings. The van der Waals surface area contributed by atoms with Gasteiger partial charge in [-0.15, -0.1) is 0 Å². The van der Waals surface area contributed by atoms with Gasteiger partial charge < -0.3 is 4.90 Å². The largest absolute Gasteiger partial charge is 0.332 e. The first kappa shape index (κ1) is 8.91. The van der Waals surface area contributed by atoms with Crippen molar-refractivity contribution in [2.75, 3.05) is 0 Å². The van der Waals surface area contributed by atoms with E-state index < -0.39 is 11.8 Å². The van der Waals surface area contributed by atoms with E-state index in [4.69, 9.17) is 0 Å². The van der Waals surface area contributed by atoms with E-state index in [-0.39, 0.29) is 12.1 Å². The van der Waals surface area contributed by atoms with Crippen molar-refractivity contribution in [1.82, 2.24) is 4.90 Å². The molecule has 2 bridgehead atoms. The monoisotopic (exact) mass is 189 g/mol. The molecular weight excluding hydrogens is 176 g/mol. The van der Waals surface area contributed by atoms with E-state index in [1.807, 2.05) is 0 Å². The summed E-state index contributed by atoms with van der Waals surface area (Å²) in [5, 5.41) is 0. The summed E-state index contributed by atoms with van der Waals surface area (Å²) in [6, 6.07) is 0.201. The highest BCUT2D eigenvalue weighted by atomic mass is 19.3. The molecule has 74 valence electrons. The Balaban J connectivity index is 2.14. The summed E-state index contributed by atoms with van der Waals surface area (Å²) in [6.45, 7) is 0.688. The lowest BCUT2D eigenvalue weighted by Gasteiger charge is -2.24. The summed E-state index contributed by atoms with van der Waals surface area (Å²) in [4.78, 5) is 12.7. The van der Waals surface area contributed by atoms with Crippen LogP contribution in [-0.2, 0) is 4.79 Å². The van der Waals surface area contributed by atoms with Gasteiger partial charge in [-0.1, -0.05) is 0 Å². The van der Waals surface area contributed by atoms with Gasteiger partial charge in [-0.3, -0.25) is 4.79 Å². The van der Waals surface area contributed by atoms with Crippen molar-refractivity contribution in [2.45, 2.75) is 50.6 Å². The zero-order chi connectivity index (χ0) is 9.64. The van der Waals surface area contributed by atoms with E-state index in [1.165, 1.54) is 4.90 Å². The van der Waals surface area contributed by atoms with Crippen LogP contribution in [0.15, 0.2) is 0 Å². The first-order valence-corrected chi connectivity index (χ1v) is 4.71. The third-order valence-electron chi connectivity index (χ3n) is 3.06. The van der Waals surface area contributed by atoms with Crippen molar-refractivity contribution < 1.29 is 13.6 Å². The number of halogens is 2. The molecule has 2 heterocycles. The number of alkyl halides is 2. The highest BCUT2D eigenvalue weighted by molar-refractivity contribution is 5.84. The van der Waals surface area contributed by atoms with Gasteiger partial charge in [-0.05, 0) is 25.7 Å². The number of nitrogens with zero attached hydrogens (tertiary/aromatic N) is 1. The predicted octanol–water partition coefficient (Wildman–Crippen LogP) is 1.80. The van der Waals surface area contributed by atoms with Crippen LogP contribution >= 0.6 is 0 Å².